The molecule has 1 aromatic heterocycles. The lowest BCUT2D eigenvalue weighted by atomic mass is 10.2. The molecule has 0 spiro atoms. The number of aliphatic imine (C=N–C) groups is 1. The molecule has 0 aliphatic carbocycles. The lowest BCUT2D eigenvalue weighted by molar-refractivity contribution is -0.120. The van der Waals surface area contributed by atoms with Crippen LogP contribution in [0.5, 0.6) is 0 Å². The molecule has 1 aliphatic rings. The average Bonchev–Trinajstić information content (AvgIpc) is 3.02. The van der Waals surface area contributed by atoms with Gasteiger partial charge in [-0.3, -0.25) is 9.79 Å². The van der Waals surface area contributed by atoms with E-state index in [0.29, 0.717) is 31.4 Å². The van der Waals surface area contributed by atoms with E-state index in [9.17, 15) is 13.2 Å². The number of sulfone groups is 1. The molecule has 1 amide bonds. The predicted molar refractivity (Wildman–Crippen MR) is 107 cm³/mol. The number of carbonyl (C=O) groups excluding carboxylic acids is 1. The van der Waals surface area contributed by atoms with Gasteiger partial charge in [-0.25, -0.2) is 8.42 Å². The summed E-state index contributed by atoms with van der Waals surface area (Å²) in [4.78, 5) is 17.9. The van der Waals surface area contributed by atoms with Gasteiger partial charge in [-0.1, -0.05) is 0 Å². The van der Waals surface area contributed by atoms with Crippen molar-refractivity contribution < 1.29 is 17.6 Å². The molecule has 1 fully saturated rings. The van der Waals surface area contributed by atoms with Gasteiger partial charge < -0.3 is 20.0 Å². The van der Waals surface area contributed by atoms with Crippen LogP contribution in [0.1, 0.15) is 19.6 Å². The van der Waals surface area contributed by atoms with Crippen LogP contribution in [0.3, 0.4) is 0 Å². The SMILES string of the molecule is CN=C(NCC(=O)NCc1ccco1)N1CCS(=O)(=O)C(C)(C)C1.I. The summed E-state index contributed by atoms with van der Waals surface area (Å²) in [5.41, 5.74) is 0. The fourth-order valence-corrected chi connectivity index (χ4v) is 3.84. The topological polar surface area (TPSA) is 104 Å². The van der Waals surface area contributed by atoms with E-state index in [1.165, 1.54) is 0 Å². The first kappa shape index (κ1) is 21.7. The summed E-state index contributed by atoms with van der Waals surface area (Å²) in [6.45, 7) is 4.48. The molecular weight excluding hydrogens is 459 g/mol. The largest absolute Gasteiger partial charge is 0.467 e. The number of furan rings is 1. The zero-order valence-corrected chi connectivity index (χ0v) is 17.8. The first-order chi connectivity index (χ1) is 11.2. The number of rotatable bonds is 4. The predicted octanol–water partition coefficient (Wildman–Crippen LogP) is 0.598. The number of nitrogens with one attached hydrogen (secondary N) is 2. The van der Waals surface area contributed by atoms with Crippen LogP contribution in [0.25, 0.3) is 0 Å². The number of amides is 1. The highest BCUT2D eigenvalue weighted by Gasteiger charge is 2.40. The van der Waals surface area contributed by atoms with E-state index in [4.69, 9.17) is 4.42 Å². The number of hydrogen-bond acceptors (Lipinski definition) is 5. The molecule has 2 heterocycles. The molecule has 0 atom stereocenters. The molecule has 142 valence electrons. The quantitative estimate of drug-likeness (QED) is 0.369. The van der Waals surface area contributed by atoms with Gasteiger partial charge in [0.2, 0.25) is 5.91 Å². The van der Waals surface area contributed by atoms with E-state index in [-0.39, 0.29) is 42.2 Å². The van der Waals surface area contributed by atoms with Gasteiger partial charge in [0.05, 0.1) is 29.9 Å². The Hall–Kier alpha value is -1.30. The molecule has 0 saturated carbocycles. The van der Waals surface area contributed by atoms with Crippen LogP contribution in [-0.4, -0.2) is 62.4 Å². The maximum atomic E-state index is 12.1. The van der Waals surface area contributed by atoms with Crippen molar-refractivity contribution in [2.24, 2.45) is 4.99 Å². The van der Waals surface area contributed by atoms with Gasteiger partial charge in [-0.05, 0) is 26.0 Å². The van der Waals surface area contributed by atoms with Gasteiger partial charge in [-0.15, -0.1) is 24.0 Å². The minimum absolute atomic E-state index is 0. The second kappa shape index (κ2) is 8.88. The highest BCUT2D eigenvalue weighted by atomic mass is 127. The van der Waals surface area contributed by atoms with Gasteiger partial charge in [0.1, 0.15) is 5.76 Å². The molecule has 0 radical (unpaired) electrons. The van der Waals surface area contributed by atoms with E-state index in [1.54, 1.807) is 39.3 Å². The third-order valence-electron chi connectivity index (χ3n) is 4.00. The summed E-state index contributed by atoms with van der Waals surface area (Å²) >= 11 is 0. The van der Waals surface area contributed by atoms with Crippen LogP contribution in [0.4, 0.5) is 0 Å². The lowest BCUT2D eigenvalue weighted by Crippen LogP contribution is -2.57. The molecule has 25 heavy (non-hydrogen) atoms. The Kier molecular flexibility index (Phi) is 7.72. The summed E-state index contributed by atoms with van der Waals surface area (Å²) < 4.78 is 28.4. The first-order valence-corrected chi connectivity index (χ1v) is 9.37. The van der Waals surface area contributed by atoms with Gasteiger partial charge in [0.15, 0.2) is 15.8 Å². The van der Waals surface area contributed by atoms with Crippen molar-refractivity contribution in [2.45, 2.75) is 25.1 Å². The molecule has 10 heteroatoms. The molecule has 2 rings (SSSR count). The monoisotopic (exact) mass is 484 g/mol. The number of guanidine groups is 1. The van der Waals surface area contributed by atoms with E-state index >= 15 is 0 Å². The molecule has 1 saturated heterocycles. The van der Waals surface area contributed by atoms with Crippen molar-refractivity contribution in [3.8, 4) is 0 Å². The standard InChI is InChI=1S/C15H24N4O4S.HI/c1-15(2)11-19(6-8-24(15,21)22)14(16-3)18-10-13(20)17-9-12-5-4-7-23-12;/h4-5,7H,6,8-11H2,1-3H3,(H,16,18)(H,17,20);1H. The fourth-order valence-electron chi connectivity index (χ4n) is 2.48. The van der Waals surface area contributed by atoms with Gasteiger partial charge >= 0.3 is 0 Å². The smallest absolute Gasteiger partial charge is 0.239 e. The van der Waals surface area contributed by atoms with Gasteiger partial charge in [-0.2, -0.15) is 0 Å². The summed E-state index contributed by atoms with van der Waals surface area (Å²) in [5.74, 6) is 1.07. The third kappa shape index (κ3) is 5.59. The Morgan fingerprint density at radius 3 is 2.68 bits per heavy atom. The highest BCUT2D eigenvalue weighted by molar-refractivity contribution is 14.0. The van der Waals surface area contributed by atoms with Crippen molar-refractivity contribution in [3.05, 3.63) is 24.2 Å². The van der Waals surface area contributed by atoms with E-state index in [2.05, 4.69) is 15.6 Å². The van der Waals surface area contributed by atoms with Crippen molar-refractivity contribution in [3.63, 3.8) is 0 Å². The summed E-state index contributed by atoms with van der Waals surface area (Å²) in [6, 6.07) is 3.54. The number of hydrogen-bond donors (Lipinski definition) is 2. The molecule has 1 aliphatic heterocycles. The normalized spacial score (nSPS) is 19.0. The van der Waals surface area contributed by atoms with Crippen molar-refractivity contribution >= 4 is 45.7 Å². The number of halogens is 1. The molecule has 1 aromatic rings. The van der Waals surface area contributed by atoms with E-state index in [0.717, 1.165) is 0 Å². The van der Waals surface area contributed by atoms with Crippen LogP contribution in [0.15, 0.2) is 27.8 Å². The Morgan fingerprint density at radius 1 is 1.40 bits per heavy atom. The van der Waals surface area contributed by atoms with Crippen LogP contribution in [0.2, 0.25) is 0 Å². The van der Waals surface area contributed by atoms with Crippen molar-refractivity contribution in [1.82, 2.24) is 15.5 Å². The van der Waals surface area contributed by atoms with Gasteiger partial charge in [0.25, 0.3) is 0 Å². The molecule has 8 nitrogen and oxygen atoms in total. The Labute approximate surface area is 165 Å². The van der Waals surface area contributed by atoms with Crippen LogP contribution in [0, 0.1) is 0 Å². The molecule has 0 bridgehead atoms. The molecule has 0 aromatic carbocycles. The minimum Gasteiger partial charge on any atom is -0.467 e. The zero-order valence-electron chi connectivity index (χ0n) is 14.6. The summed E-state index contributed by atoms with van der Waals surface area (Å²) in [6.07, 6.45) is 1.55. The van der Waals surface area contributed by atoms with Crippen molar-refractivity contribution in [2.75, 3.05) is 32.4 Å². The van der Waals surface area contributed by atoms with Crippen molar-refractivity contribution in [1.29, 1.82) is 0 Å². The molecule has 2 N–H and O–H groups in total. The Bertz CT molecular complexity index is 701. The Morgan fingerprint density at radius 2 is 2.12 bits per heavy atom. The second-order valence-electron chi connectivity index (χ2n) is 6.26. The average molecular weight is 484 g/mol. The zero-order chi connectivity index (χ0) is 17.8. The fraction of sp³-hybridized carbons (Fsp3) is 0.600. The highest BCUT2D eigenvalue weighted by Crippen LogP contribution is 2.23. The van der Waals surface area contributed by atoms with E-state index < -0.39 is 14.6 Å². The number of nitrogens with zero attached hydrogens (tertiary/aromatic N) is 2. The molecule has 0 unspecified atom stereocenters. The molecular formula is C15H25IN4O4S. The number of carbonyl (C=O) groups is 1. The van der Waals surface area contributed by atoms with E-state index in [1.807, 2.05) is 4.90 Å². The van der Waals surface area contributed by atoms with Crippen LogP contribution >= 0.6 is 24.0 Å². The Balaban J connectivity index is 0.00000312. The summed E-state index contributed by atoms with van der Waals surface area (Å²) in [5, 5.41) is 5.70. The maximum absolute atomic E-state index is 12.1. The lowest BCUT2D eigenvalue weighted by Gasteiger charge is -2.39. The van der Waals surface area contributed by atoms with Crippen LogP contribution in [-0.2, 0) is 21.2 Å². The second-order valence-corrected chi connectivity index (χ2v) is 9.00. The van der Waals surface area contributed by atoms with Gasteiger partial charge in [0, 0.05) is 20.1 Å². The third-order valence-corrected chi connectivity index (χ3v) is 6.53. The maximum Gasteiger partial charge on any atom is 0.239 e. The minimum atomic E-state index is -3.11. The van der Waals surface area contributed by atoms with Crippen LogP contribution < -0.4 is 10.6 Å². The first-order valence-electron chi connectivity index (χ1n) is 7.72. The summed E-state index contributed by atoms with van der Waals surface area (Å²) in [7, 11) is -1.50.